The molecule has 0 aliphatic rings. The zero-order valence-corrected chi connectivity index (χ0v) is 35.2. The number of aromatic nitrogens is 4. The number of imidazole rings is 2. The van der Waals surface area contributed by atoms with Crippen molar-refractivity contribution in [2.24, 2.45) is 0 Å². The highest BCUT2D eigenvalue weighted by molar-refractivity contribution is 6.19. The molecule has 0 unspecified atom stereocenters. The molecule has 0 bridgehead atoms. The van der Waals surface area contributed by atoms with E-state index in [9.17, 15) is 0 Å². The fraction of sp³-hybridized carbons (Fsp3) is 0.222. The Balaban J connectivity index is 1.16. The third-order valence-corrected chi connectivity index (χ3v) is 12.4. The average Bonchev–Trinajstić information content (AvgIpc) is 3.95. The summed E-state index contributed by atoms with van der Waals surface area (Å²) in [6.07, 6.45) is 7.95. The van der Waals surface area contributed by atoms with Crippen molar-refractivity contribution in [2.45, 2.75) is 79.1 Å². The topological polar surface area (TPSA) is 43.8 Å². The van der Waals surface area contributed by atoms with E-state index in [1.165, 1.54) is 55.3 Å². The van der Waals surface area contributed by atoms with Crippen LogP contribution >= 0.6 is 0 Å². The second-order valence-electron chi connectivity index (χ2n) is 17.4. The monoisotopic (exact) mass is 770 g/mol. The molecule has 10 aromatic rings. The maximum atomic E-state index is 6.83. The molecule has 4 aromatic heterocycles. The van der Waals surface area contributed by atoms with Crippen LogP contribution in [0.5, 0.6) is 11.5 Å². The highest BCUT2D eigenvalue weighted by atomic mass is 16.5. The average molecular weight is 771 g/mol. The van der Waals surface area contributed by atoms with Gasteiger partial charge in [0.1, 0.15) is 22.8 Å². The van der Waals surface area contributed by atoms with Crippen molar-refractivity contribution in [1.82, 2.24) is 18.8 Å². The molecule has 0 radical (unpaired) electrons. The highest BCUT2D eigenvalue weighted by Gasteiger charge is 2.23. The molecule has 4 heterocycles. The molecule has 6 aromatic carbocycles. The molecule has 0 spiro atoms. The molecule has 10 rings (SSSR count). The summed E-state index contributed by atoms with van der Waals surface area (Å²) in [6, 6.07) is 40.0. The number of ether oxygens (including phenoxy) is 1. The molecular formula is C54H50N4O. The van der Waals surface area contributed by atoms with Gasteiger partial charge in [0.2, 0.25) is 0 Å². The van der Waals surface area contributed by atoms with E-state index in [1.807, 2.05) is 12.4 Å². The van der Waals surface area contributed by atoms with Crippen molar-refractivity contribution in [3.05, 3.63) is 156 Å². The minimum Gasteiger partial charge on any atom is -0.457 e. The van der Waals surface area contributed by atoms with Gasteiger partial charge in [0, 0.05) is 46.3 Å². The van der Waals surface area contributed by atoms with Crippen LogP contribution in [0, 0.1) is 0 Å². The lowest BCUT2D eigenvalue weighted by atomic mass is 9.83. The van der Waals surface area contributed by atoms with Gasteiger partial charge < -0.3 is 4.74 Å². The van der Waals surface area contributed by atoms with E-state index in [4.69, 9.17) is 14.7 Å². The maximum absolute atomic E-state index is 6.83. The fourth-order valence-corrected chi connectivity index (χ4v) is 9.70. The van der Waals surface area contributed by atoms with Crippen LogP contribution in [0.3, 0.4) is 0 Å². The quantitative estimate of drug-likeness (QED) is 0.145. The van der Waals surface area contributed by atoms with E-state index < -0.39 is 0 Å². The number of hydrogen-bond acceptors (Lipinski definition) is 3. The minimum absolute atomic E-state index is 0.380. The van der Waals surface area contributed by atoms with Gasteiger partial charge in [-0.1, -0.05) is 116 Å². The zero-order chi connectivity index (χ0) is 40.7. The minimum atomic E-state index is 0.380. The van der Waals surface area contributed by atoms with E-state index in [0.717, 1.165) is 55.4 Å². The molecule has 0 fully saturated rings. The smallest absolute Gasteiger partial charge is 0.145 e. The van der Waals surface area contributed by atoms with Crippen LogP contribution in [0.15, 0.2) is 134 Å². The van der Waals surface area contributed by atoms with Crippen molar-refractivity contribution in [2.75, 3.05) is 0 Å². The Morgan fingerprint density at radius 3 is 1.17 bits per heavy atom. The molecule has 292 valence electrons. The van der Waals surface area contributed by atoms with Gasteiger partial charge in [-0.25, -0.2) is 9.97 Å². The van der Waals surface area contributed by atoms with Gasteiger partial charge in [-0.15, -0.1) is 0 Å². The molecular weight excluding hydrogens is 721 g/mol. The summed E-state index contributed by atoms with van der Waals surface area (Å²) in [6.45, 7) is 18.4. The molecule has 0 aliphatic heterocycles. The van der Waals surface area contributed by atoms with Gasteiger partial charge in [0.15, 0.2) is 0 Å². The maximum Gasteiger partial charge on any atom is 0.145 e. The van der Waals surface area contributed by atoms with E-state index >= 15 is 0 Å². The van der Waals surface area contributed by atoms with Gasteiger partial charge in [-0.2, -0.15) is 0 Å². The third kappa shape index (κ3) is 5.81. The summed E-state index contributed by atoms with van der Waals surface area (Å²) in [5.41, 5.74) is 14.8. The van der Waals surface area contributed by atoms with E-state index in [1.54, 1.807) is 0 Å². The molecule has 0 saturated heterocycles. The Labute approximate surface area is 345 Å². The second kappa shape index (κ2) is 14.1. The fourth-order valence-electron chi connectivity index (χ4n) is 9.70. The number of hydrogen-bond donors (Lipinski definition) is 0. The lowest BCUT2D eigenvalue weighted by Crippen LogP contribution is -2.01. The molecule has 0 aliphatic carbocycles. The van der Waals surface area contributed by atoms with E-state index in [-0.39, 0.29) is 0 Å². The normalized spacial score (nSPS) is 12.3. The molecule has 5 heteroatoms. The first kappa shape index (κ1) is 36.9. The van der Waals surface area contributed by atoms with Crippen LogP contribution in [0.25, 0.3) is 76.9 Å². The summed E-state index contributed by atoms with van der Waals surface area (Å²) < 4.78 is 11.3. The van der Waals surface area contributed by atoms with Gasteiger partial charge >= 0.3 is 0 Å². The summed E-state index contributed by atoms with van der Waals surface area (Å²) >= 11 is 0. The van der Waals surface area contributed by atoms with Gasteiger partial charge in [-0.3, -0.25) is 8.80 Å². The summed E-state index contributed by atoms with van der Waals surface area (Å²) in [5.74, 6) is 3.04. The molecule has 59 heavy (non-hydrogen) atoms. The lowest BCUT2D eigenvalue weighted by molar-refractivity contribution is 0.484. The van der Waals surface area contributed by atoms with Crippen molar-refractivity contribution in [1.29, 1.82) is 0 Å². The summed E-state index contributed by atoms with van der Waals surface area (Å²) in [7, 11) is 0. The summed E-state index contributed by atoms with van der Waals surface area (Å²) in [5, 5.41) is 6.88. The van der Waals surface area contributed by atoms with Crippen LogP contribution in [0.2, 0.25) is 0 Å². The van der Waals surface area contributed by atoms with Crippen LogP contribution in [0.4, 0.5) is 0 Å². The van der Waals surface area contributed by atoms with Gasteiger partial charge in [0.05, 0.1) is 11.0 Å². The zero-order valence-electron chi connectivity index (χ0n) is 35.2. The van der Waals surface area contributed by atoms with E-state index in [0.29, 0.717) is 23.7 Å². The van der Waals surface area contributed by atoms with Crippen molar-refractivity contribution in [3.8, 4) is 33.8 Å². The predicted octanol–water partition coefficient (Wildman–Crippen LogP) is 15.2. The van der Waals surface area contributed by atoms with Gasteiger partial charge in [0.25, 0.3) is 0 Å². The third-order valence-electron chi connectivity index (χ3n) is 12.4. The van der Waals surface area contributed by atoms with E-state index in [2.05, 4.69) is 186 Å². The van der Waals surface area contributed by atoms with Gasteiger partial charge in [-0.05, 0) is 127 Å². The Hall–Kier alpha value is -6.46. The Morgan fingerprint density at radius 1 is 0.424 bits per heavy atom. The molecule has 0 N–H and O–H groups in total. The van der Waals surface area contributed by atoms with Crippen LogP contribution < -0.4 is 4.74 Å². The number of fused-ring (bicyclic) bond motifs is 12. The Kier molecular flexibility index (Phi) is 8.82. The first-order valence-corrected chi connectivity index (χ1v) is 21.2. The largest absolute Gasteiger partial charge is 0.457 e. The van der Waals surface area contributed by atoms with Crippen molar-refractivity contribution < 1.29 is 4.74 Å². The molecule has 0 atom stereocenters. The first-order valence-electron chi connectivity index (χ1n) is 21.2. The standard InChI is InChI=1S/C54H50N4O/c1-31(2)37-13-9-14-38(32(3)4)49(37)43-17-11-19-47-51(43)41-23-21-35(29-45(41)53-55-25-27-57(47)53)59-36-22-24-42-46(30-36)54-56-26-28-58(54)48-20-12-18-44(52(42)48)50-39(33(5)6)15-10-16-40(50)34(7)8/h9-34H,1-8H3. The van der Waals surface area contributed by atoms with Crippen LogP contribution in [-0.2, 0) is 0 Å². The molecule has 5 nitrogen and oxygen atoms in total. The molecule has 0 saturated carbocycles. The number of benzene rings is 6. The number of pyridine rings is 2. The SMILES string of the molecule is CC(C)c1cccc(C(C)C)c1-c1cccc2c1c1ccc(Oc3ccc4c(c3)c3nccn3c3cccc(-c5c(C(C)C)cccc5C(C)C)c43)cc1c1nccn21. The Morgan fingerprint density at radius 2 is 0.797 bits per heavy atom. The second-order valence-corrected chi connectivity index (χ2v) is 17.4. The Bertz CT molecular complexity index is 3000. The predicted molar refractivity (Wildman–Crippen MR) is 248 cm³/mol. The summed E-state index contributed by atoms with van der Waals surface area (Å²) in [4.78, 5) is 9.80. The van der Waals surface area contributed by atoms with Crippen molar-refractivity contribution in [3.63, 3.8) is 0 Å². The molecule has 0 amide bonds. The lowest BCUT2D eigenvalue weighted by Gasteiger charge is -2.22. The first-order chi connectivity index (χ1) is 28.6. The highest BCUT2D eigenvalue weighted by Crippen LogP contribution is 2.45. The van der Waals surface area contributed by atoms with Crippen molar-refractivity contribution >= 4 is 54.6 Å². The van der Waals surface area contributed by atoms with Crippen LogP contribution in [-0.4, -0.2) is 18.8 Å². The van der Waals surface area contributed by atoms with Crippen LogP contribution in [0.1, 0.15) is 101 Å². The number of rotatable bonds is 8. The number of nitrogens with zero attached hydrogens (tertiary/aromatic N) is 4.